The lowest BCUT2D eigenvalue weighted by atomic mass is 9.85. The Bertz CT molecular complexity index is 414. The number of carbonyl (C=O) groups is 1. The van der Waals surface area contributed by atoms with Gasteiger partial charge in [0.1, 0.15) is 5.54 Å². The zero-order chi connectivity index (χ0) is 13.2. The van der Waals surface area contributed by atoms with Gasteiger partial charge in [-0.05, 0) is 31.4 Å². The first-order chi connectivity index (χ1) is 8.66. The number of nitrogens with zero attached hydrogens (tertiary/aromatic N) is 1. The topological polar surface area (TPSA) is 40.5 Å². The van der Waals surface area contributed by atoms with Crippen LogP contribution in [0.4, 0.5) is 0 Å². The largest absolute Gasteiger partial charge is 0.480 e. The average molecular weight is 247 g/mol. The summed E-state index contributed by atoms with van der Waals surface area (Å²) in [7, 11) is 0. The van der Waals surface area contributed by atoms with Gasteiger partial charge in [0.15, 0.2) is 0 Å². The number of likely N-dealkylation sites (N-methyl/N-ethyl adjacent to an activating group) is 1. The molecule has 1 aromatic rings. The van der Waals surface area contributed by atoms with Gasteiger partial charge in [-0.1, -0.05) is 44.2 Å². The van der Waals surface area contributed by atoms with Crippen LogP contribution in [-0.4, -0.2) is 28.6 Å². The minimum atomic E-state index is -0.864. The van der Waals surface area contributed by atoms with Gasteiger partial charge in [-0.2, -0.15) is 0 Å². The molecule has 1 saturated carbocycles. The van der Waals surface area contributed by atoms with Crippen LogP contribution in [0.25, 0.3) is 0 Å². The third-order valence-electron chi connectivity index (χ3n) is 3.94. The standard InChI is InChI=1S/C15H21NO2/c1-3-15(14(17)18,12-8-6-5-7-9-12)16(4-2)13-10-11-13/h5-9,13H,3-4,10-11H2,1-2H3,(H,17,18). The molecular weight excluding hydrogens is 226 g/mol. The summed E-state index contributed by atoms with van der Waals surface area (Å²) >= 11 is 0. The minimum absolute atomic E-state index is 0.436. The molecule has 1 fully saturated rings. The molecule has 0 aliphatic heterocycles. The summed E-state index contributed by atoms with van der Waals surface area (Å²) in [5.41, 5.74) is 0.0331. The summed E-state index contributed by atoms with van der Waals surface area (Å²) in [4.78, 5) is 14.1. The first-order valence-electron chi connectivity index (χ1n) is 6.72. The quantitative estimate of drug-likeness (QED) is 0.840. The summed E-state index contributed by atoms with van der Waals surface area (Å²) in [6, 6.07) is 10.1. The number of rotatable bonds is 6. The van der Waals surface area contributed by atoms with Crippen LogP contribution < -0.4 is 0 Å². The fraction of sp³-hybridized carbons (Fsp3) is 0.533. The highest BCUT2D eigenvalue weighted by atomic mass is 16.4. The Morgan fingerprint density at radius 1 is 1.33 bits per heavy atom. The van der Waals surface area contributed by atoms with Gasteiger partial charge in [-0.3, -0.25) is 4.90 Å². The van der Waals surface area contributed by atoms with Crippen molar-refractivity contribution >= 4 is 5.97 Å². The van der Waals surface area contributed by atoms with E-state index in [1.165, 1.54) is 0 Å². The molecule has 1 aliphatic rings. The van der Waals surface area contributed by atoms with Crippen LogP contribution in [0.2, 0.25) is 0 Å². The van der Waals surface area contributed by atoms with Crippen LogP contribution in [0.15, 0.2) is 30.3 Å². The normalized spacial score (nSPS) is 18.6. The number of hydrogen-bond acceptors (Lipinski definition) is 2. The van der Waals surface area contributed by atoms with Crippen molar-refractivity contribution in [1.29, 1.82) is 0 Å². The number of hydrogen-bond donors (Lipinski definition) is 1. The SMILES string of the molecule is CCN(C1CC1)C(CC)(C(=O)O)c1ccccc1. The number of aliphatic carboxylic acids is 1. The van der Waals surface area contributed by atoms with Crippen molar-refractivity contribution in [3.8, 4) is 0 Å². The molecule has 0 spiro atoms. The second kappa shape index (κ2) is 5.11. The van der Waals surface area contributed by atoms with E-state index in [1.54, 1.807) is 0 Å². The van der Waals surface area contributed by atoms with E-state index in [0.717, 1.165) is 24.9 Å². The van der Waals surface area contributed by atoms with E-state index in [-0.39, 0.29) is 0 Å². The zero-order valence-electron chi connectivity index (χ0n) is 11.1. The van der Waals surface area contributed by atoms with E-state index < -0.39 is 11.5 Å². The molecule has 0 radical (unpaired) electrons. The minimum Gasteiger partial charge on any atom is -0.480 e. The number of carboxylic acids is 1. The molecule has 1 atom stereocenters. The Morgan fingerprint density at radius 3 is 2.33 bits per heavy atom. The Morgan fingerprint density at radius 2 is 1.94 bits per heavy atom. The van der Waals surface area contributed by atoms with Crippen molar-refractivity contribution in [2.24, 2.45) is 0 Å². The van der Waals surface area contributed by atoms with E-state index in [9.17, 15) is 9.90 Å². The molecule has 98 valence electrons. The summed E-state index contributed by atoms with van der Waals surface area (Å²) in [6.07, 6.45) is 2.84. The van der Waals surface area contributed by atoms with Crippen LogP contribution >= 0.6 is 0 Å². The Labute approximate surface area is 108 Å². The van der Waals surface area contributed by atoms with Crippen molar-refractivity contribution in [3.05, 3.63) is 35.9 Å². The van der Waals surface area contributed by atoms with Crippen molar-refractivity contribution in [1.82, 2.24) is 4.90 Å². The van der Waals surface area contributed by atoms with E-state index in [4.69, 9.17) is 0 Å². The molecule has 2 rings (SSSR count). The maximum atomic E-state index is 11.9. The van der Waals surface area contributed by atoms with Crippen LogP contribution in [-0.2, 0) is 10.3 Å². The molecule has 1 aliphatic carbocycles. The van der Waals surface area contributed by atoms with Gasteiger partial charge >= 0.3 is 5.97 Å². The van der Waals surface area contributed by atoms with Crippen LogP contribution in [0.3, 0.4) is 0 Å². The van der Waals surface area contributed by atoms with E-state index in [0.29, 0.717) is 12.5 Å². The van der Waals surface area contributed by atoms with Crippen LogP contribution in [0.5, 0.6) is 0 Å². The first-order valence-corrected chi connectivity index (χ1v) is 6.72. The molecule has 1 unspecified atom stereocenters. The molecule has 0 heterocycles. The molecule has 1 aromatic carbocycles. The highest BCUT2D eigenvalue weighted by Gasteiger charge is 2.49. The van der Waals surface area contributed by atoms with Gasteiger partial charge in [-0.15, -0.1) is 0 Å². The van der Waals surface area contributed by atoms with E-state index in [2.05, 4.69) is 11.8 Å². The molecule has 1 N–H and O–H groups in total. The molecule has 3 heteroatoms. The molecular formula is C15H21NO2. The van der Waals surface area contributed by atoms with E-state index >= 15 is 0 Å². The smallest absolute Gasteiger partial charge is 0.328 e. The van der Waals surface area contributed by atoms with Crippen LogP contribution in [0, 0.1) is 0 Å². The summed E-state index contributed by atoms with van der Waals surface area (Å²) in [5.74, 6) is -0.732. The maximum absolute atomic E-state index is 11.9. The summed E-state index contributed by atoms with van der Waals surface area (Å²) in [6.45, 7) is 4.79. The third kappa shape index (κ3) is 2.03. The van der Waals surface area contributed by atoms with Crippen molar-refractivity contribution < 1.29 is 9.90 Å². The second-order valence-corrected chi connectivity index (χ2v) is 4.90. The second-order valence-electron chi connectivity index (χ2n) is 4.90. The Kier molecular flexibility index (Phi) is 3.71. The molecule has 0 bridgehead atoms. The molecule has 18 heavy (non-hydrogen) atoms. The van der Waals surface area contributed by atoms with Gasteiger partial charge in [0.2, 0.25) is 0 Å². The van der Waals surface area contributed by atoms with Crippen LogP contribution in [0.1, 0.15) is 38.7 Å². The lowest BCUT2D eigenvalue weighted by Gasteiger charge is -2.40. The number of benzene rings is 1. The monoisotopic (exact) mass is 247 g/mol. The van der Waals surface area contributed by atoms with Gasteiger partial charge < -0.3 is 5.11 Å². The fourth-order valence-electron chi connectivity index (χ4n) is 2.91. The predicted molar refractivity (Wildman–Crippen MR) is 71.4 cm³/mol. The van der Waals surface area contributed by atoms with Crippen molar-refractivity contribution in [3.63, 3.8) is 0 Å². The van der Waals surface area contributed by atoms with Crippen molar-refractivity contribution in [2.75, 3.05) is 6.54 Å². The van der Waals surface area contributed by atoms with Gasteiger partial charge in [-0.25, -0.2) is 4.79 Å². The molecule has 0 saturated heterocycles. The number of carboxylic acid groups (broad SMARTS) is 1. The highest BCUT2D eigenvalue weighted by Crippen LogP contribution is 2.40. The lowest BCUT2D eigenvalue weighted by Crippen LogP contribution is -2.52. The third-order valence-corrected chi connectivity index (χ3v) is 3.94. The van der Waals surface area contributed by atoms with Gasteiger partial charge in [0.05, 0.1) is 0 Å². The zero-order valence-corrected chi connectivity index (χ0v) is 11.1. The molecule has 0 aromatic heterocycles. The first kappa shape index (κ1) is 13.1. The molecule has 0 amide bonds. The maximum Gasteiger partial charge on any atom is 0.328 e. The lowest BCUT2D eigenvalue weighted by molar-refractivity contribution is -0.153. The predicted octanol–water partition coefficient (Wildman–Crippen LogP) is 2.86. The summed E-state index contributed by atoms with van der Waals surface area (Å²) < 4.78 is 0. The summed E-state index contributed by atoms with van der Waals surface area (Å²) in [5, 5.41) is 9.81. The Balaban J connectivity index is 2.48. The highest BCUT2D eigenvalue weighted by molar-refractivity contribution is 5.81. The average Bonchev–Trinajstić information content (AvgIpc) is 3.20. The van der Waals surface area contributed by atoms with Gasteiger partial charge in [0.25, 0.3) is 0 Å². The van der Waals surface area contributed by atoms with Gasteiger partial charge in [0, 0.05) is 6.04 Å². The molecule has 3 nitrogen and oxygen atoms in total. The Hall–Kier alpha value is -1.35. The van der Waals surface area contributed by atoms with Crippen molar-refractivity contribution in [2.45, 2.75) is 44.7 Å². The fourth-order valence-corrected chi connectivity index (χ4v) is 2.91. The van der Waals surface area contributed by atoms with E-state index in [1.807, 2.05) is 37.3 Å².